The third-order valence-electron chi connectivity index (χ3n) is 4.20. The highest BCUT2D eigenvalue weighted by Gasteiger charge is 2.25. The number of rotatable bonds is 7. The summed E-state index contributed by atoms with van der Waals surface area (Å²) in [6.45, 7) is 3.23. The molecule has 26 heavy (non-hydrogen) atoms. The second-order valence-corrected chi connectivity index (χ2v) is 9.64. The maximum atomic E-state index is 12.5. The van der Waals surface area contributed by atoms with E-state index in [9.17, 15) is 8.42 Å². The molecule has 1 aliphatic rings. The standard InChI is InChI=1S/C17H20Cl2N2O3S2/c18-14-4-3-13(10-15(14)19)12-26(22,23)20-11-16(17-2-1-9-25-17)21-5-7-24-8-6-21/h1-4,9-10,16,20H,5-8,11-12H2. The highest BCUT2D eigenvalue weighted by molar-refractivity contribution is 7.88. The third-order valence-corrected chi connectivity index (χ3v) is 7.23. The minimum Gasteiger partial charge on any atom is -0.379 e. The monoisotopic (exact) mass is 434 g/mol. The first-order valence-corrected chi connectivity index (χ1v) is 11.5. The predicted molar refractivity (Wildman–Crippen MR) is 107 cm³/mol. The Bertz CT molecular complexity index is 823. The molecule has 0 radical (unpaired) electrons. The summed E-state index contributed by atoms with van der Waals surface area (Å²) >= 11 is 13.5. The van der Waals surface area contributed by atoms with Crippen molar-refractivity contribution in [2.75, 3.05) is 32.8 Å². The van der Waals surface area contributed by atoms with Crippen LogP contribution >= 0.6 is 34.5 Å². The number of benzene rings is 1. The fourth-order valence-electron chi connectivity index (χ4n) is 2.89. The van der Waals surface area contributed by atoms with Crippen LogP contribution in [-0.2, 0) is 20.5 Å². The van der Waals surface area contributed by atoms with Gasteiger partial charge in [0.05, 0.1) is 35.1 Å². The molecule has 0 aliphatic carbocycles. The molecule has 0 spiro atoms. The van der Waals surface area contributed by atoms with Crippen LogP contribution in [0.2, 0.25) is 10.0 Å². The van der Waals surface area contributed by atoms with E-state index in [1.54, 1.807) is 29.5 Å². The summed E-state index contributed by atoms with van der Waals surface area (Å²) in [5.74, 6) is -0.135. The third kappa shape index (κ3) is 5.42. The lowest BCUT2D eigenvalue weighted by Crippen LogP contribution is -2.43. The van der Waals surface area contributed by atoms with Gasteiger partial charge in [0.1, 0.15) is 0 Å². The molecule has 0 saturated carbocycles. The molecule has 1 saturated heterocycles. The summed E-state index contributed by atoms with van der Waals surface area (Å²) in [6.07, 6.45) is 0. The van der Waals surface area contributed by atoms with Crippen LogP contribution in [0.4, 0.5) is 0 Å². The van der Waals surface area contributed by atoms with Crippen LogP contribution in [0.5, 0.6) is 0 Å². The van der Waals surface area contributed by atoms with Gasteiger partial charge in [-0.15, -0.1) is 11.3 Å². The van der Waals surface area contributed by atoms with E-state index >= 15 is 0 Å². The van der Waals surface area contributed by atoms with E-state index in [1.165, 1.54) is 0 Å². The molecule has 0 bridgehead atoms. The second-order valence-electron chi connectivity index (χ2n) is 6.04. The van der Waals surface area contributed by atoms with Crippen molar-refractivity contribution >= 4 is 44.6 Å². The molecule has 1 aromatic heterocycles. The topological polar surface area (TPSA) is 58.6 Å². The predicted octanol–water partition coefficient (Wildman–Crippen LogP) is 3.55. The summed E-state index contributed by atoms with van der Waals surface area (Å²) in [6, 6.07) is 8.89. The molecule has 1 atom stereocenters. The zero-order valence-corrected chi connectivity index (χ0v) is 17.2. The van der Waals surface area contributed by atoms with E-state index in [0.717, 1.165) is 18.0 Å². The summed E-state index contributed by atoms with van der Waals surface area (Å²) in [5.41, 5.74) is 0.603. The molecule has 1 aromatic carbocycles. The van der Waals surface area contributed by atoms with E-state index < -0.39 is 10.0 Å². The number of hydrogen-bond donors (Lipinski definition) is 1. The summed E-state index contributed by atoms with van der Waals surface area (Å²) < 4.78 is 33.2. The Morgan fingerprint density at radius 2 is 1.96 bits per heavy atom. The highest BCUT2D eigenvalue weighted by Crippen LogP contribution is 2.26. The van der Waals surface area contributed by atoms with Crippen molar-refractivity contribution in [2.45, 2.75) is 11.8 Å². The van der Waals surface area contributed by atoms with Crippen molar-refractivity contribution in [3.05, 3.63) is 56.2 Å². The van der Waals surface area contributed by atoms with Crippen molar-refractivity contribution < 1.29 is 13.2 Å². The Morgan fingerprint density at radius 3 is 2.62 bits per heavy atom. The SMILES string of the molecule is O=S(=O)(Cc1ccc(Cl)c(Cl)c1)NCC(c1cccs1)N1CCOCC1. The molecule has 1 fully saturated rings. The number of sulfonamides is 1. The largest absolute Gasteiger partial charge is 0.379 e. The molecule has 3 rings (SSSR count). The lowest BCUT2D eigenvalue weighted by atomic mass is 10.2. The van der Waals surface area contributed by atoms with Crippen LogP contribution < -0.4 is 4.72 Å². The number of thiophene rings is 1. The van der Waals surface area contributed by atoms with E-state index in [4.69, 9.17) is 27.9 Å². The van der Waals surface area contributed by atoms with Crippen molar-refractivity contribution in [1.29, 1.82) is 0 Å². The molecule has 1 aliphatic heterocycles. The molecule has 1 N–H and O–H groups in total. The smallest absolute Gasteiger partial charge is 0.215 e. The molecular weight excluding hydrogens is 415 g/mol. The van der Waals surface area contributed by atoms with E-state index in [2.05, 4.69) is 9.62 Å². The van der Waals surface area contributed by atoms with Gasteiger partial charge in [0.15, 0.2) is 0 Å². The van der Waals surface area contributed by atoms with E-state index in [1.807, 2.05) is 17.5 Å². The first kappa shape index (κ1) is 20.1. The maximum Gasteiger partial charge on any atom is 0.215 e. The van der Waals surface area contributed by atoms with Gasteiger partial charge in [0, 0.05) is 24.5 Å². The van der Waals surface area contributed by atoms with Gasteiger partial charge in [0.25, 0.3) is 0 Å². The fourth-order valence-corrected chi connectivity index (χ4v) is 5.20. The van der Waals surface area contributed by atoms with Crippen molar-refractivity contribution in [2.24, 2.45) is 0 Å². The number of nitrogens with zero attached hydrogens (tertiary/aromatic N) is 1. The molecular formula is C17H20Cl2N2O3S2. The Morgan fingerprint density at radius 1 is 1.19 bits per heavy atom. The van der Waals surface area contributed by atoms with Gasteiger partial charge in [-0.05, 0) is 29.1 Å². The van der Waals surface area contributed by atoms with Crippen LogP contribution in [0.15, 0.2) is 35.7 Å². The summed E-state index contributed by atoms with van der Waals surface area (Å²) in [4.78, 5) is 3.40. The Labute approximate surface area is 167 Å². The van der Waals surface area contributed by atoms with Crippen LogP contribution in [0.1, 0.15) is 16.5 Å². The van der Waals surface area contributed by atoms with Gasteiger partial charge in [0.2, 0.25) is 10.0 Å². The molecule has 1 unspecified atom stereocenters. The van der Waals surface area contributed by atoms with Gasteiger partial charge < -0.3 is 4.74 Å². The second kappa shape index (κ2) is 9.01. The molecule has 5 nitrogen and oxygen atoms in total. The van der Waals surface area contributed by atoms with Gasteiger partial charge in [-0.1, -0.05) is 35.3 Å². The van der Waals surface area contributed by atoms with Crippen LogP contribution in [0.25, 0.3) is 0 Å². The zero-order chi connectivity index (χ0) is 18.6. The van der Waals surface area contributed by atoms with Crippen LogP contribution in [0.3, 0.4) is 0 Å². The lowest BCUT2D eigenvalue weighted by molar-refractivity contribution is 0.0179. The summed E-state index contributed by atoms with van der Waals surface area (Å²) in [7, 11) is -3.49. The lowest BCUT2D eigenvalue weighted by Gasteiger charge is -2.34. The van der Waals surface area contributed by atoms with Gasteiger partial charge in [-0.2, -0.15) is 0 Å². The number of halogens is 2. The number of morpholine rings is 1. The quantitative estimate of drug-likeness (QED) is 0.723. The minimum absolute atomic E-state index is 0.00230. The first-order chi connectivity index (χ1) is 12.4. The Hall–Kier alpha value is -0.670. The highest BCUT2D eigenvalue weighted by atomic mass is 35.5. The van der Waals surface area contributed by atoms with Crippen LogP contribution in [-0.4, -0.2) is 46.2 Å². The summed E-state index contributed by atoms with van der Waals surface area (Å²) in [5, 5.41) is 2.77. The van der Waals surface area contributed by atoms with Gasteiger partial charge in [-0.3, -0.25) is 4.90 Å². The molecule has 2 aromatic rings. The molecule has 9 heteroatoms. The molecule has 0 amide bonds. The Kier molecular flexibility index (Phi) is 6.96. The zero-order valence-electron chi connectivity index (χ0n) is 14.0. The van der Waals surface area contributed by atoms with Gasteiger partial charge >= 0.3 is 0 Å². The van der Waals surface area contributed by atoms with Crippen molar-refractivity contribution in [1.82, 2.24) is 9.62 Å². The van der Waals surface area contributed by atoms with E-state index in [-0.39, 0.29) is 11.8 Å². The van der Waals surface area contributed by atoms with Crippen molar-refractivity contribution in [3.8, 4) is 0 Å². The number of nitrogens with one attached hydrogen (secondary N) is 1. The molecule has 142 valence electrons. The van der Waals surface area contributed by atoms with Crippen molar-refractivity contribution in [3.63, 3.8) is 0 Å². The van der Waals surface area contributed by atoms with Gasteiger partial charge in [-0.25, -0.2) is 13.1 Å². The fraction of sp³-hybridized carbons (Fsp3) is 0.412. The van der Waals surface area contributed by atoms with E-state index in [0.29, 0.717) is 35.4 Å². The normalized spacial score (nSPS) is 17.3. The first-order valence-electron chi connectivity index (χ1n) is 8.21. The number of hydrogen-bond acceptors (Lipinski definition) is 5. The maximum absolute atomic E-state index is 12.5. The minimum atomic E-state index is -3.49. The number of ether oxygens (including phenoxy) is 1. The molecule has 2 heterocycles. The average Bonchev–Trinajstić information content (AvgIpc) is 3.13. The van der Waals surface area contributed by atoms with Crippen LogP contribution in [0, 0.1) is 0 Å². The average molecular weight is 435 g/mol. The Balaban J connectivity index is 1.67.